The van der Waals surface area contributed by atoms with E-state index in [4.69, 9.17) is 4.74 Å². The fourth-order valence-electron chi connectivity index (χ4n) is 5.31. The second kappa shape index (κ2) is 4.52. The first kappa shape index (κ1) is 12.5. The molecule has 1 N–H and O–H groups in total. The summed E-state index contributed by atoms with van der Waals surface area (Å²) in [5.74, 6) is 3.25. The smallest absolute Gasteiger partial charge is 0.307 e. The number of methoxy groups -OCH3 is 1. The van der Waals surface area contributed by atoms with Gasteiger partial charge in [0.15, 0.2) is 0 Å². The Balaban J connectivity index is 1.86. The van der Waals surface area contributed by atoms with Crippen molar-refractivity contribution >= 4 is 5.97 Å². The Bertz CT molecular complexity index is 311. The molecule has 0 aromatic rings. The van der Waals surface area contributed by atoms with E-state index in [1.54, 1.807) is 0 Å². The average molecular weight is 251 g/mol. The van der Waals surface area contributed by atoms with Crippen LogP contribution in [0.3, 0.4) is 0 Å². The van der Waals surface area contributed by atoms with Crippen LogP contribution < -0.4 is 5.32 Å². The van der Waals surface area contributed by atoms with Gasteiger partial charge in [-0.3, -0.25) is 4.79 Å². The lowest BCUT2D eigenvalue weighted by Crippen LogP contribution is -2.65. The Morgan fingerprint density at radius 3 is 2.17 bits per heavy atom. The second-order valence-corrected chi connectivity index (χ2v) is 6.63. The van der Waals surface area contributed by atoms with Gasteiger partial charge in [0.1, 0.15) is 0 Å². The molecule has 4 bridgehead atoms. The molecule has 0 aliphatic heterocycles. The fourth-order valence-corrected chi connectivity index (χ4v) is 5.31. The van der Waals surface area contributed by atoms with Crippen molar-refractivity contribution in [2.45, 2.75) is 51.0 Å². The maximum atomic E-state index is 11.8. The molecule has 0 aromatic carbocycles. The molecule has 0 spiro atoms. The van der Waals surface area contributed by atoms with Gasteiger partial charge in [0.2, 0.25) is 0 Å². The predicted molar refractivity (Wildman–Crippen MR) is 70.1 cm³/mol. The first-order valence-corrected chi connectivity index (χ1v) is 7.49. The number of hydrogen-bond acceptors (Lipinski definition) is 3. The van der Waals surface area contributed by atoms with Gasteiger partial charge in [0.25, 0.3) is 0 Å². The summed E-state index contributed by atoms with van der Waals surface area (Å²) in [5.41, 5.74) is 0.0509. The molecule has 0 saturated heterocycles. The molecule has 0 heterocycles. The lowest BCUT2D eigenvalue weighted by molar-refractivity contribution is -0.149. The van der Waals surface area contributed by atoms with Crippen molar-refractivity contribution in [2.24, 2.45) is 23.7 Å². The third-order valence-electron chi connectivity index (χ3n) is 5.77. The van der Waals surface area contributed by atoms with Crippen LogP contribution in [0.1, 0.15) is 45.4 Å². The largest absolute Gasteiger partial charge is 0.469 e. The SMILES string of the molecule is CCNC1(CC(=O)OC)C2CC3CC(C2)CC1C3. The lowest BCUT2D eigenvalue weighted by atomic mass is 9.48. The Morgan fingerprint density at radius 1 is 1.17 bits per heavy atom. The molecule has 0 radical (unpaired) electrons. The molecule has 4 saturated carbocycles. The van der Waals surface area contributed by atoms with Crippen LogP contribution in [0.2, 0.25) is 0 Å². The maximum absolute atomic E-state index is 11.8. The van der Waals surface area contributed by atoms with Gasteiger partial charge in [-0.05, 0) is 62.3 Å². The quantitative estimate of drug-likeness (QED) is 0.779. The van der Waals surface area contributed by atoms with Crippen LogP contribution in [0, 0.1) is 23.7 Å². The van der Waals surface area contributed by atoms with Gasteiger partial charge < -0.3 is 10.1 Å². The van der Waals surface area contributed by atoms with Crippen LogP contribution in [-0.2, 0) is 9.53 Å². The van der Waals surface area contributed by atoms with E-state index in [1.165, 1.54) is 39.2 Å². The van der Waals surface area contributed by atoms with Crippen molar-refractivity contribution in [3.8, 4) is 0 Å². The van der Waals surface area contributed by atoms with Crippen LogP contribution in [-0.4, -0.2) is 25.2 Å². The van der Waals surface area contributed by atoms with E-state index in [1.807, 2.05) is 0 Å². The molecule has 3 heteroatoms. The normalized spacial score (nSPS) is 45.2. The molecule has 0 unspecified atom stereocenters. The molecule has 4 rings (SSSR count). The third kappa shape index (κ3) is 1.78. The molecule has 0 aromatic heterocycles. The first-order valence-electron chi connectivity index (χ1n) is 7.49. The summed E-state index contributed by atoms with van der Waals surface area (Å²) in [6, 6.07) is 0. The standard InChI is InChI=1S/C15H25NO2/c1-3-16-15(9-14(17)18-2)12-5-10-4-11(7-12)8-13(15)6-10/h10-13,16H,3-9H2,1-2H3. The van der Waals surface area contributed by atoms with E-state index in [9.17, 15) is 4.79 Å². The van der Waals surface area contributed by atoms with E-state index >= 15 is 0 Å². The average Bonchev–Trinajstić information content (AvgIpc) is 2.35. The van der Waals surface area contributed by atoms with Gasteiger partial charge in [0, 0.05) is 5.54 Å². The molecule has 4 aliphatic carbocycles. The number of nitrogens with one attached hydrogen (secondary N) is 1. The molecule has 4 aliphatic rings. The summed E-state index contributed by atoms with van der Waals surface area (Å²) in [6.07, 6.45) is 7.35. The highest BCUT2D eigenvalue weighted by molar-refractivity contribution is 5.71. The molecule has 18 heavy (non-hydrogen) atoms. The highest BCUT2D eigenvalue weighted by Crippen LogP contribution is 2.59. The monoisotopic (exact) mass is 251 g/mol. The van der Waals surface area contributed by atoms with E-state index in [0.717, 1.165) is 18.4 Å². The van der Waals surface area contributed by atoms with Crippen molar-refractivity contribution in [3.63, 3.8) is 0 Å². The predicted octanol–water partition coefficient (Wildman–Crippen LogP) is 2.35. The van der Waals surface area contributed by atoms with Crippen molar-refractivity contribution < 1.29 is 9.53 Å². The summed E-state index contributed by atoms with van der Waals surface area (Å²) in [6.45, 7) is 3.11. The number of ether oxygens (including phenoxy) is 1. The summed E-state index contributed by atoms with van der Waals surface area (Å²) >= 11 is 0. The molecule has 4 fully saturated rings. The van der Waals surface area contributed by atoms with Gasteiger partial charge in [-0.2, -0.15) is 0 Å². The summed E-state index contributed by atoms with van der Waals surface area (Å²) < 4.78 is 4.95. The van der Waals surface area contributed by atoms with Crippen LogP contribution >= 0.6 is 0 Å². The molecule has 0 atom stereocenters. The minimum Gasteiger partial charge on any atom is -0.469 e. The molecule has 102 valence electrons. The first-order chi connectivity index (χ1) is 8.68. The minimum atomic E-state index is -0.0385. The third-order valence-corrected chi connectivity index (χ3v) is 5.77. The minimum absolute atomic E-state index is 0.0385. The number of hydrogen-bond donors (Lipinski definition) is 1. The zero-order chi connectivity index (χ0) is 12.8. The van der Waals surface area contributed by atoms with Crippen molar-refractivity contribution in [3.05, 3.63) is 0 Å². The van der Waals surface area contributed by atoms with Crippen LogP contribution in [0.4, 0.5) is 0 Å². The van der Waals surface area contributed by atoms with Crippen molar-refractivity contribution in [2.75, 3.05) is 13.7 Å². The fraction of sp³-hybridized carbons (Fsp3) is 0.933. The molecular weight excluding hydrogens is 226 g/mol. The Hall–Kier alpha value is -0.570. The Kier molecular flexibility index (Phi) is 3.13. The number of esters is 1. The van der Waals surface area contributed by atoms with Crippen LogP contribution in [0.15, 0.2) is 0 Å². The maximum Gasteiger partial charge on any atom is 0.307 e. The topological polar surface area (TPSA) is 38.3 Å². The molecule has 3 nitrogen and oxygen atoms in total. The lowest BCUT2D eigenvalue weighted by Gasteiger charge is -2.61. The number of carbonyl (C=O) groups excluding carboxylic acids is 1. The zero-order valence-electron chi connectivity index (χ0n) is 11.6. The van der Waals surface area contributed by atoms with Crippen molar-refractivity contribution in [1.29, 1.82) is 0 Å². The van der Waals surface area contributed by atoms with Gasteiger partial charge in [-0.25, -0.2) is 0 Å². The Labute approximate surface area is 110 Å². The van der Waals surface area contributed by atoms with Gasteiger partial charge >= 0.3 is 5.97 Å². The molecule has 0 amide bonds. The summed E-state index contributed by atoms with van der Waals surface area (Å²) in [4.78, 5) is 11.8. The highest BCUT2D eigenvalue weighted by Gasteiger charge is 2.57. The van der Waals surface area contributed by atoms with Crippen molar-refractivity contribution in [1.82, 2.24) is 5.32 Å². The van der Waals surface area contributed by atoms with Crippen LogP contribution in [0.25, 0.3) is 0 Å². The summed E-state index contributed by atoms with van der Waals surface area (Å²) in [7, 11) is 1.51. The molecular formula is C15H25NO2. The highest BCUT2D eigenvalue weighted by atomic mass is 16.5. The van der Waals surface area contributed by atoms with Gasteiger partial charge in [0.05, 0.1) is 13.5 Å². The number of rotatable bonds is 4. The van der Waals surface area contributed by atoms with E-state index in [-0.39, 0.29) is 11.5 Å². The zero-order valence-corrected chi connectivity index (χ0v) is 11.6. The van der Waals surface area contributed by atoms with Gasteiger partial charge in [-0.15, -0.1) is 0 Å². The van der Waals surface area contributed by atoms with E-state index < -0.39 is 0 Å². The number of carbonyl (C=O) groups is 1. The Morgan fingerprint density at radius 2 is 1.72 bits per heavy atom. The summed E-state index contributed by atoms with van der Waals surface area (Å²) in [5, 5.41) is 3.71. The van der Waals surface area contributed by atoms with E-state index in [2.05, 4.69) is 12.2 Å². The van der Waals surface area contributed by atoms with Gasteiger partial charge in [-0.1, -0.05) is 6.92 Å². The van der Waals surface area contributed by atoms with Crippen LogP contribution in [0.5, 0.6) is 0 Å². The van der Waals surface area contributed by atoms with E-state index in [0.29, 0.717) is 18.3 Å². The second-order valence-electron chi connectivity index (χ2n) is 6.63.